The molecule has 0 radical (unpaired) electrons. The number of benzene rings is 1. The van der Waals surface area contributed by atoms with Gasteiger partial charge >= 0.3 is 5.97 Å². The Kier molecular flexibility index (Phi) is 3.79. The summed E-state index contributed by atoms with van der Waals surface area (Å²) < 4.78 is 24.6. The monoisotopic (exact) mass is 264 g/mol. The molecule has 6 heteroatoms. The van der Waals surface area contributed by atoms with Gasteiger partial charge in [-0.2, -0.15) is 5.10 Å². The fourth-order valence-electron chi connectivity index (χ4n) is 1.58. The summed E-state index contributed by atoms with van der Waals surface area (Å²) in [5.41, 5.74) is 0.812. The second-order valence-corrected chi connectivity index (χ2v) is 3.71. The van der Waals surface area contributed by atoms with Gasteiger partial charge in [-0.15, -0.1) is 0 Å². The molecule has 0 bridgehead atoms. The van der Waals surface area contributed by atoms with Crippen molar-refractivity contribution in [2.45, 2.75) is 6.92 Å². The van der Waals surface area contributed by atoms with Gasteiger partial charge < -0.3 is 9.47 Å². The van der Waals surface area contributed by atoms with Crippen molar-refractivity contribution in [3.8, 4) is 11.4 Å². The zero-order chi connectivity index (χ0) is 13.8. The summed E-state index contributed by atoms with van der Waals surface area (Å²) in [4.78, 5) is 11.5. The number of nitrogens with zero attached hydrogens (tertiary/aromatic N) is 2. The molecule has 0 N–H and O–H groups in total. The summed E-state index contributed by atoms with van der Waals surface area (Å²) in [6.45, 7) is 2.02. The van der Waals surface area contributed by atoms with Crippen LogP contribution in [-0.4, -0.2) is 29.5 Å². The van der Waals surface area contributed by atoms with Gasteiger partial charge in [0, 0.05) is 12.3 Å². The Bertz CT molecular complexity index is 595. The van der Waals surface area contributed by atoms with Crippen LogP contribution in [0.2, 0.25) is 0 Å². The van der Waals surface area contributed by atoms with E-state index >= 15 is 0 Å². The zero-order valence-corrected chi connectivity index (χ0v) is 10.6. The molecule has 100 valence electrons. The topological polar surface area (TPSA) is 53.3 Å². The van der Waals surface area contributed by atoms with Crippen molar-refractivity contribution < 1.29 is 18.7 Å². The van der Waals surface area contributed by atoms with E-state index in [1.807, 2.05) is 0 Å². The third kappa shape index (κ3) is 2.73. The molecule has 0 fully saturated rings. The van der Waals surface area contributed by atoms with E-state index in [0.29, 0.717) is 17.9 Å². The van der Waals surface area contributed by atoms with E-state index in [1.165, 1.54) is 36.3 Å². The summed E-state index contributed by atoms with van der Waals surface area (Å²) in [6.07, 6.45) is 2.86. The molecule has 0 aliphatic rings. The van der Waals surface area contributed by atoms with Gasteiger partial charge in [0.1, 0.15) is 0 Å². The van der Waals surface area contributed by atoms with Gasteiger partial charge in [0.2, 0.25) is 0 Å². The smallest absolute Gasteiger partial charge is 0.341 e. The van der Waals surface area contributed by atoms with Crippen LogP contribution in [0.15, 0.2) is 30.6 Å². The fourth-order valence-corrected chi connectivity index (χ4v) is 1.58. The van der Waals surface area contributed by atoms with Crippen molar-refractivity contribution >= 4 is 5.97 Å². The molecule has 0 aliphatic carbocycles. The number of methoxy groups -OCH3 is 1. The molecule has 2 rings (SSSR count). The van der Waals surface area contributed by atoms with Crippen molar-refractivity contribution in [3.05, 3.63) is 42.0 Å². The maximum atomic E-state index is 13.6. The molecule has 0 atom stereocenters. The van der Waals surface area contributed by atoms with E-state index in [0.717, 1.165) is 0 Å². The van der Waals surface area contributed by atoms with E-state index < -0.39 is 11.8 Å². The molecule has 1 heterocycles. The molecule has 0 aliphatic heterocycles. The average Bonchev–Trinajstić information content (AvgIpc) is 2.88. The minimum Gasteiger partial charge on any atom is -0.494 e. The van der Waals surface area contributed by atoms with Crippen molar-refractivity contribution in [1.82, 2.24) is 9.78 Å². The highest BCUT2D eigenvalue weighted by molar-refractivity contribution is 5.88. The van der Waals surface area contributed by atoms with Gasteiger partial charge in [-0.3, -0.25) is 0 Å². The lowest BCUT2D eigenvalue weighted by Crippen LogP contribution is -2.03. The summed E-state index contributed by atoms with van der Waals surface area (Å²) in [7, 11) is 1.39. The Morgan fingerprint density at radius 2 is 2.26 bits per heavy atom. The van der Waals surface area contributed by atoms with Crippen LogP contribution in [0.1, 0.15) is 17.3 Å². The molecule has 5 nitrogen and oxygen atoms in total. The van der Waals surface area contributed by atoms with Crippen LogP contribution < -0.4 is 4.74 Å². The molecule has 1 aromatic heterocycles. The lowest BCUT2D eigenvalue weighted by Gasteiger charge is -2.04. The lowest BCUT2D eigenvalue weighted by atomic mass is 10.3. The van der Waals surface area contributed by atoms with Gasteiger partial charge in [0.05, 0.1) is 31.2 Å². The molecule has 0 saturated heterocycles. The van der Waals surface area contributed by atoms with Gasteiger partial charge in [-0.05, 0) is 19.1 Å². The maximum absolute atomic E-state index is 13.6. The summed E-state index contributed by atoms with van der Waals surface area (Å²) >= 11 is 0. The summed E-state index contributed by atoms with van der Waals surface area (Å²) in [6, 6.07) is 4.42. The van der Waals surface area contributed by atoms with Crippen LogP contribution in [0.3, 0.4) is 0 Å². The first kappa shape index (κ1) is 13.1. The quantitative estimate of drug-likeness (QED) is 0.794. The molecule has 2 aromatic rings. The predicted molar refractivity (Wildman–Crippen MR) is 66.0 cm³/mol. The van der Waals surface area contributed by atoms with Crippen molar-refractivity contribution in [2.75, 3.05) is 13.7 Å². The second kappa shape index (κ2) is 5.51. The number of hydrogen-bond acceptors (Lipinski definition) is 4. The molecular weight excluding hydrogens is 251 g/mol. The summed E-state index contributed by atoms with van der Waals surface area (Å²) in [5, 5.41) is 3.99. The molecule has 0 spiro atoms. The van der Waals surface area contributed by atoms with E-state index in [-0.39, 0.29) is 5.75 Å². The SMILES string of the molecule is CCOC(=O)c1cnn(-c2ccc(OC)c(F)c2)c1. The number of esters is 1. The molecule has 1 aromatic carbocycles. The molecule has 0 unspecified atom stereocenters. The van der Waals surface area contributed by atoms with Crippen molar-refractivity contribution in [1.29, 1.82) is 0 Å². The predicted octanol–water partition coefficient (Wildman–Crippen LogP) is 2.20. The number of carbonyl (C=O) groups is 1. The lowest BCUT2D eigenvalue weighted by molar-refractivity contribution is 0.0526. The highest BCUT2D eigenvalue weighted by Gasteiger charge is 2.11. The molecule has 0 saturated carbocycles. The minimum atomic E-state index is -0.492. The largest absolute Gasteiger partial charge is 0.494 e. The van der Waals surface area contributed by atoms with Gasteiger partial charge in [0.25, 0.3) is 0 Å². The van der Waals surface area contributed by atoms with Crippen LogP contribution in [0, 0.1) is 5.82 Å². The Hall–Kier alpha value is -2.37. The van der Waals surface area contributed by atoms with Gasteiger partial charge in [-0.1, -0.05) is 0 Å². The standard InChI is InChI=1S/C13H13FN2O3/c1-3-19-13(17)9-7-15-16(8-9)10-4-5-12(18-2)11(14)6-10/h4-8H,3H2,1-2H3. The Labute approximate surface area is 109 Å². The van der Waals surface area contributed by atoms with Crippen LogP contribution >= 0.6 is 0 Å². The van der Waals surface area contributed by atoms with Crippen molar-refractivity contribution in [3.63, 3.8) is 0 Å². The normalized spacial score (nSPS) is 10.3. The van der Waals surface area contributed by atoms with Crippen LogP contribution in [-0.2, 0) is 4.74 Å². The Morgan fingerprint density at radius 3 is 2.89 bits per heavy atom. The van der Waals surface area contributed by atoms with E-state index in [9.17, 15) is 9.18 Å². The number of halogens is 1. The number of carbonyl (C=O) groups excluding carboxylic acids is 1. The number of ether oxygens (including phenoxy) is 2. The minimum absolute atomic E-state index is 0.154. The van der Waals surface area contributed by atoms with Crippen LogP contribution in [0.25, 0.3) is 5.69 Å². The fraction of sp³-hybridized carbons (Fsp3) is 0.231. The van der Waals surface area contributed by atoms with Crippen LogP contribution in [0.5, 0.6) is 5.75 Å². The molecular formula is C13H13FN2O3. The Morgan fingerprint density at radius 1 is 1.47 bits per heavy atom. The van der Waals surface area contributed by atoms with E-state index in [2.05, 4.69) is 5.10 Å². The first-order valence-electron chi connectivity index (χ1n) is 5.71. The number of hydrogen-bond donors (Lipinski definition) is 0. The van der Waals surface area contributed by atoms with Crippen LogP contribution in [0.4, 0.5) is 4.39 Å². The van der Waals surface area contributed by atoms with Gasteiger partial charge in [-0.25, -0.2) is 13.9 Å². The number of rotatable bonds is 4. The third-order valence-corrected chi connectivity index (χ3v) is 2.49. The van der Waals surface area contributed by atoms with E-state index in [4.69, 9.17) is 9.47 Å². The summed E-state index contributed by atoms with van der Waals surface area (Å²) in [5.74, 6) is -0.794. The number of aromatic nitrogens is 2. The zero-order valence-electron chi connectivity index (χ0n) is 10.6. The maximum Gasteiger partial charge on any atom is 0.341 e. The first-order valence-corrected chi connectivity index (χ1v) is 5.71. The first-order chi connectivity index (χ1) is 9.15. The van der Waals surface area contributed by atoms with E-state index in [1.54, 1.807) is 13.0 Å². The average molecular weight is 264 g/mol. The van der Waals surface area contributed by atoms with Gasteiger partial charge in [0.15, 0.2) is 11.6 Å². The highest BCUT2D eigenvalue weighted by Crippen LogP contribution is 2.20. The highest BCUT2D eigenvalue weighted by atomic mass is 19.1. The molecule has 19 heavy (non-hydrogen) atoms. The third-order valence-electron chi connectivity index (χ3n) is 2.49. The molecule has 0 amide bonds. The second-order valence-electron chi connectivity index (χ2n) is 3.71. The Balaban J connectivity index is 2.27. The van der Waals surface area contributed by atoms with Crippen molar-refractivity contribution in [2.24, 2.45) is 0 Å².